The number of aromatic nitrogens is 4. The second kappa shape index (κ2) is 49.5. The number of hydrogen-bond acceptors (Lipinski definition) is 18. The van der Waals surface area contributed by atoms with Gasteiger partial charge in [0.05, 0.1) is 59.5 Å². The molecule has 8 aromatic carbocycles. The molecule has 0 spiro atoms. The molecule has 0 aliphatic carbocycles. The molecule has 12 aromatic rings. The number of amides is 5. The van der Waals surface area contributed by atoms with E-state index in [4.69, 9.17) is 93.8 Å². The third-order valence-electron chi connectivity index (χ3n) is 29.0. The predicted molar refractivity (Wildman–Crippen MR) is 569 cm³/mol. The van der Waals surface area contributed by atoms with Crippen molar-refractivity contribution in [2.45, 2.75) is 149 Å². The van der Waals surface area contributed by atoms with Crippen molar-refractivity contribution >= 4 is 120 Å². The number of likely N-dealkylation sites (tertiary alicyclic amines) is 3. The molecule has 7 unspecified atom stereocenters. The summed E-state index contributed by atoms with van der Waals surface area (Å²) in [7, 11) is 4.35. The van der Waals surface area contributed by atoms with Gasteiger partial charge in [-0.3, -0.25) is 24.5 Å². The van der Waals surface area contributed by atoms with Gasteiger partial charge in [-0.1, -0.05) is 108 Å². The summed E-state index contributed by atoms with van der Waals surface area (Å²) in [5.74, 6) is 10.4. The quantitative estimate of drug-likeness (QED) is 0.0249. The fourth-order valence-corrected chi connectivity index (χ4v) is 22.1. The minimum Gasteiger partial charge on any atom is -0.494 e. The van der Waals surface area contributed by atoms with Crippen molar-refractivity contribution in [3.63, 3.8) is 0 Å². The normalized spacial score (nSPS) is 19.4. The third kappa shape index (κ3) is 25.5. The highest BCUT2D eigenvalue weighted by atomic mass is 35.5. The molecule has 0 saturated carbocycles. The first-order valence-corrected chi connectivity index (χ1v) is 53.0. The highest BCUT2D eigenvalue weighted by Gasteiger charge is 2.42. The van der Waals surface area contributed by atoms with Crippen LogP contribution in [0.3, 0.4) is 0 Å². The molecule has 7 atom stereocenters. The number of halogens is 4. The highest BCUT2D eigenvalue weighted by molar-refractivity contribution is 6.32. The summed E-state index contributed by atoms with van der Waals surface area (Å²) in [6.45, 7) is 27.8. The summed E-state index contributed by atoms with van der Waals surface area (Å²) in [6.07, 6.45) is 9.70. The summed E-state index contributed by atoms with van der Waals surface area (Å²) >= 11 is 25.2. The Morgan fingerprint density at radius 2 is 0.738 bits per heavy atom. The first-order valence-electron chi connectivity index (χ1n) is 51.4. The average Bonchev–Trinajstić information content (AvgIpc) is 1.62. The summed E-state index contributed by atoms with van der Waals surface area (Å²) < 4.78 is 56.9. The van der Waals surface area contributed by atoms with Crippen molar-refractivity contribution in [3.05, 3.63) is 257 Å². The van der Waals surface area contributed by atoms with E-state index in [1.54, 1.807) is 26.5 Å². The summed E-state index contributed by atoms with van der Waals surface area (Å²) in [6, 6.07) is 54.7. The smallest absolute Gasteiger partial charge is 0.411 e. The topological polar surface area (TPSA) is 267 Å². The molecule has 8 aliphatic heterocycles. The molecule has 8 aliphatic rings. The standard InChI is InChI=1S/C29H34ClN3O5.C29H36ClN3O3.C29H32ClN3O3.C27H32ClN3O4/c1-3-36-28(34)32-14-11-19(12-15-32)18-38-22-8-5-20(6-9-22)27-26-23(13-16-33(27)29(35)37-4-2)24-17-21(30)7-10-25(24)31-26;1-4-19(2)36-29(34)33-15-13-24-25-16-22(30)9-12-26(25)31-27(24)28(33)21-7-10-23(11-8-21)35-18-20-6-5-14-32(3)17-20;1-3-4-16-35-29(34)33-15-13-24-25-17-22(30)9-12-26(25)31-27(24)28(33)21-7-10-23(11-8-21)36-19-20-6-5-14-32(2)18-20;1-2-34-27(32)31-12-10-22-23-18-20(28)6-9-24(23)29-25(22)26(31)19-4-7-21(8-5-19)35-15-3-11-30-13-16-33-17-14-30/h5-10,17,19,27,31H,3-4,11-16,18H2,1-2H3;7-12,16,19-20,28,31H,4-6,13-15,17-18H2,1-3H3;7-12,17,20,28,31H,5-6,13-16,18-19H2,1-2H3;4-9,18,26,29H,2-3,10-17H2,1H3. The van der Waals surface area contributed by atoms with Crippen molar-refractivity contribution in [1.82, 2.24) is 59.1 Å². The van der Waals surface area contributed by atoms with E-state index in [0.717, 1.165) is 222 Å². The van der Waals surface area contributed by atoms with Crippen LogP contribution in [-0.2, 0) is 54.1 Å². The molecule has 768 valence electrons. The van der Waals surface area contributed by atoms with Gasteiger partial charge >= 0.3 is 30.5 Å². The maximum Gasteiger partial charge on any atom is 0.411 e. The number of morpholine rings is 1. The zero-order chi connectivity index (χ0) is 101. The largest absolute Gasteiger partial charge is 0.494 e. The molecule has 4 aromatic heterocycles. The first kappa shape index (κ1) is 104. The van der Waals surface area contributed by atoms with E-state index in [1.807, 2.05) is 197 Å². The first-order chi connectivity index (χ1) is 70.6. The third-order valence-corrected chi connectivity index (χ3v) is 29.9. The van der Waals surface area contributed by atoms with Crippen molar-refractivity contribution in [2.24, 2.45) is 17.8 Å². The molecule has 0 radical (unpaired) electrons. The van der Waals surface area contributed by atoms with Crippen molar-refractivity contribution in [3.8, 4) is 34.8 Å². The molecule has 0 bridgehead atoms. The van der Waals surface area contributed by atoms with Crippen LogP contribution in [0.1, 0.15) is 184 Å². The Hall–Kier alpha value is -12.0. The van der Waals surface area contributed by atoms with Gasteiger partial charge in [0.1, 0.15) is 53.3 Å². The second-order valence-electron chi connectivity index (χ2n) is 38.7. The minimum absolute atomic E-state index is 0.0802. The molecule has 4 saturated heterocycles. The van der Waals surface area contributed by atoms with Crippen LogP contribution >= 0.6 is 46.4 Å². The Morgan fingerprint density at radius 1 is 0.400 bits per heavy atom. The number of aromatic amines is 4. The monoisotopic (exact) mass is 2050 g/mol. The van der Waals surface area contributed by atoms with Crippen LogP contribution in [0.5, 0.6) is 23.0 Å². The van der Waals surface area contributed by atoms with E-state index in [0.29, 0.717) is 110 Å². The number of nitrogens with zero attached hydrogens (tertiary/aromatic N) is 8. The van der Waals surface area contributed by atoms with E-state index < -0.39 is 0 Å². The van der Waals surface area contributed by atoms with Crippen molar-refractivity contribution in [2.75, 3.05) is 165 Å². The van der Waals surface area contributed by atoms with Gasteiger partial charge in [0.15, 0.2) is 6.61 Å². The Balaban J connectivity index is 0.000000132. The molecule has 4 fully saturated rings. The molecule has 31 heteroatoms. The van der Waals surface area contributed by atoms with E-state index in [-0.39, 0.29) is 67.3 Å². The number of fused-ring (bicyclic) bond motifs is 12. The number of carbonyl (C=O) groups is 5. The van der Waals surface area contributed by atoms with E-state index in [9.17, 15) is 24.0 Å². The lowest BCUT2D eigenvalue weighted by Gasteiger charge is -2.36. The Kier molecular flexibility index (Phi) is 35.6. The highest BCUT2D eigenvalue weighted by Crippen LogP contribution is 2.46. The predicted octanol–water partition coefficient (Wildman–Crippen LogP) is 23.3. The van der Waals surface area contributed by atoms with Gasteiger partial charge in [-0.05, 0) is 311 Å². The molecular formula is C114H134Cl4N12O15. The number of ether oxygens (including phenoxy) is 10. The van der Waals surface area contributed by atoms with E-state index in [2.05, 4.69) is 72.7 Å². The lowest BCUT2D eigenvalue weighted by atomic mass is 9.92. The van der Waals surface area contributed by atoms with Gasteiger partial charge in [-0.25, -0.2) is 24.0 Å². The number of benzene rings is 8. The lowest BCUT2D eigenvalue weighted by Crippen LogP contribution is -2.41. The molecule has 12 heterocycles. The van der Waals surface area contributed by atoms with Crippen molar-refractivity contribution < 1.29 is 71.3 Å². The van der Waals surface area contributed by atoms with E-state index in [1.165, 1.54) is 61.0 Å². The number of hydrogen-bond donors (Lipinski definition) is 4. The fraction of sp³-hybridized carbons (Fsp3) is 0.447. The van der Waals surface area contributed by atoms with Gasteiger partial charge in [-0.15, -0.1) is 5.92 Å². The average molecular weight is 2050 g/mol. The molecular weight excluding hydrogens is 1920 g/mol. The Bertz CT molecular complexity index is 6490. The number of H-pyrrole nitrogens is 4. The Morgan fingerprint density at radius 3 is 1.08 bits per heavy atom. The number of rotatable bonds is 24. The number of nitrogens with one attached hydrogen (secondary N) is 4. The summed E-state index contributed by atoms with van der Waals surface area (Å²) in [5.41, 5.74) is 16.9. The van der Waals surface area contributed by atoms with Gasteiger partial charge in [0, 0.05) is 170 Å². The SMILES string of the molecule is CC#CCOC(=O)N1CCc2c([nH]c3ccc(Cl)cc23)C1c1ccc(OCC2CCCN(C)C2)cc1.CCC(C)OC(=O)N1CCc2c([nH]c3ccc(Cl)cc23)C1c1ccc(OCC2CCCN(C)C2)cc1.CCOC(=O)N1CCC(COc2ccc(C3c4[nH]c5ccc(Cl)cc5c4CCN3C(=O)OCC)cc2)CC1.CCOC(=O)N1CCc2c([nH]c3ccc(Cl)cc23)C1c1ccc(OCCCN2CCOCC2)cc1. The van der Waals surface area contributed by atoms with Gasteiger partial charge in [-0.2, -0.15) is 0 Å². The van der Waals surface area contributed by atoms with Crippen LogP contribution in [0.2, 0.25) is 20.1 Å². The Labute approximate surface area is 869 Å². The summed E-state index contributed by atoms with van der Waals surface area (Å²) in [4.78, 5) is 94.4. The van der Waals surface area contributed by atoms with Crippen LogP contribution in [0.25, 0.3) is 43.6 Å². The zero-order valence-electron chi connectivity index (χ0n) is 84.2. The van der Waals surface area contributed by atoms with Crippen LogP contribution < -0.4 is 18.9 Å². The van der Waals surface area contributed by atoms with Gasteiger partial charge in [0.2, 0.25) is 0 Å². The van der Waals surface area contributed by atoms with Crippen LogP contribution in [0.15, 0.2) is 170 Å². The van der Waals surface area contributed by atoms with Crippen LogP contribution in [-0.4, -0.2) is 261 Å². The second-order valence-corrected chi connectivity index (χ2v) is 40.5. The van der Waals surface area contributed by atoms with Gasteiger partial charge in [0.25, 0.3) is 0 Å². The minimum atomic E-state index is -0.369. The molecule has 20 rings (SSSR count). The maximum atomic E-state index is 13.2. The molecule has 27 nitrogen and oxygen atoms in total. The number of piperidine rings is 3. The van der Waals surface area contributed by atoms with Crippen LogP contribution in [0, 0.1) is 29.6 Å². The fourth-order valence-electron chi connectivity index (χ4n) is 21.5. The number of carbonyl (C=O) groups excluding carboxylic acids is 5. The van der Waals surface area contributed by atoms with Crippen molar-refractivity contribution in [1.29, 1.82) is 0 Å². The maximum absolute atomic E-state index is 13.2. The van der Waals surface area contributed by atoms with E-state index >= 15 is 0 Å². The van der Waals surface area contributed by atoms with Crippen LogP contribution in [0.4, 0.5) is 24.0 Å². The molecule has 4 N–H and O–H groups in total. The summed E-state index contributed by atoms with van der Waals surface area (Å²) in [5, 5.41) is 7.24. The molecule has 5 amide bonds. The lowest BCUT2D eigenvalue weighted by molar-refractivity contribution is 0.0358. The zero-order valence-corrected chi connectivity index (χ0v) is 87.3. The van der Waals surface area contributed by atoms with Gasteiger partial charge < -0.3 is 82.0 Å². The molecule has 145 heavy (non-hydrogen) atoms.